The van der Waals surface area contributed by atoms with Crippen LogP contribution in [0.3, 0.4) is 0 Å². The van der Waals surface area contributed by atoms with Gasteiger partial charge in [0.25, 0.3) is 0 Å². The zero-order valence-electron chi connectivity index (χ0n) is 24.1. The number of methoxy groups -OCH3 is 2. The van der Waals surface area contributed by atoms with Gasteiger partial charge in [-0.3, -0.25) is 14.6 Å². The second-order valence-corrected chi connectivity index (χ2v) is 12.0. The van der Waals surface area contributed by atoms with Crippen LogP contribution in [0.15, 0.2) is 29.3 Å². The second-order valence-electron chi connectivity index (χ2n) is 11.0. The lowest BCUT2D eigenvalue weighted by atomic mass is 9.80. The maximum absolute atomic E-state index is 12.8. The molecule has 0 unspecified atom stereocenters. The van der Waals surface area contributed by atoms with Crippen LogP contribution >= 0.6 is 11.8 Å². The third-order valence-corrected chi connectivity index (χ3v) is 7.54. The molecule has 2 aliphatic rings. The quantitative estimate of drug-likeness (QED) is 0.437. The topological polar surface area (TPSA) is 113 Å². The summed E-state index contributed by atoms with van der Waals surface area (Å²) < 4.78 is 21.9. The van der Waals surface area contributed by atoms with Crippen LogP contribution in [0.25, 0.3) is 0 Å². The van der Waals surface area contributed by atoms with E-state index < -0.39 is 23.1 Å². The first-order valence-electron chi connectivity index (χ1n) is 13.2. The lowest BCUT2D eigenvalue weighted by Gasteiger charge is -2.31. The normalized spacial score (nSPS) is 16.1. The van der Waals surface area contributed by atoms with E-state index in [2.05, 4.69) is 43.8 Å². The van der Waals surface area contributed by atoms with Gasteiger partial charge in [0.15, 0.2) is 11.5 Å². The molecule has 0 spiro atoms. The molecule has 2 aromatic rings. The Balaban J connectivity index is 1.79. The van der Waals surface area contributed by atoms with Gasteiger partial charge in [-0.05, 0) is 64.8 Å². The monoisotopic (exact) mass is 568 g/mol. The summed E-state index contributed by atoms with van der Waals surface area (Å²) in [5.41, 5.74) is 4.38. The number of hydrogen-bond acceptors (Lipinski definition) is 9. The second kappa shape index (κ2) is 11.5. The number of nitrogens with zero attached hydrogens (tertiary/aromatic N) is 1. The van der Waals surface area contributed by atoms with E-state index in [1.54, 1.807) is 12.1 Å². The average Bonchev–Trinajstić information content (AvgIpc) is 3.22. The van der Waals surface area contributed by atoms with Gasteiger partial charge < -0.3 is 24.3 Å². The molecule has 1 N–H and O–H groups in total. The Bertz CT molecular complexity index is 1380. The number of anilines is 1. The molecule has 0 aliphatic carbocycles. The van der Waals surface area contributed by atoms with Gasteiger partial charge in [0.05, 0.1) is 54.8 Å². The Morgan fingerprint density at radius 3 is 2.48 bits per heavy atom. The number of rotatable bonds is 9. The summed E-state index contributed by atoms with van der Waals surface area (Å²) in [6.07, 6.45) is 1.41. The number of benzene rings is 2. The molecule has 0 saturated heterocycles. The highest BCUT2D eigenvalue weighted by molar-refractivity contribution is 8.00. The smallest absolute Gasteiger partial charge is 0.339 e. The predicted molar refractivity (Wildman–Crippen MR) is 155 cm³/mol. The molecule has 10 heteroatoms. The molecule has 0 fully saturated rings. The number of fused-ring (bicyclic) bond motifs is 3. The number of amides is 1. The highest BCUT2D eigenvalue weighted by Gasteiger charge is 2.40. The molecule has 0 saturated carbocycles. The van der Waals surface area contributed by atoms with E-state index in [0.29, 0.717) is 18.7 Å². The summed E-state index contributed by atoms with van der Waals surface area (Å²) >= 11 is 1.12. The van der Waals surface area contributed by atoms with Crippen molar-refractivity contribution in [1.29, 1.82) is 0 Å². The summed E-state index contributed by atoms with van der Waals surface area (Å²) in [4.78, 5) is 41.9. The van der Waals surface area contributed by atoms with Crippen LogP contribution in [0.5, 0.6) is 11.5 Å². The number of esters is 2. The van der Waals surface area contributed by atoms with E-state index in [0.717, 1.165) is 57.6 Å². The molecular formula is C30H36N2O7S. The molecule has 0 aromatic heterocycles. The van der Waals surface area contributed by atoms with Crippen molar-refractivity contribution in [2.24, 2.45) is 4.99 Å². The first-order chi connectivity index (χ1) is 18.9. The van der Waals surface area contributed by atoms with Gasteiger partial charge in [0, 0.05) is 23.1 Å². The van der Waals surface area contributed by atoms with Crippen LogP contribution < -0.4 is 14.8 Å². The van der Waals surface area contributed by atoms with E-state index in [-0.39, 0.29) is 23.0 Å². The van der Waals surface area contributed by atoms with Crippen molar-refractivity contribution < 1.29 is 33.3 Å². The first kappa shape index (κ1) is 29.5. The van der Waals surface area contributed by atoms with Crippen LogP contribution in [0.2, 0.25) is 0 Å². The predicted octanol–water partition coefficient (Wildman–Crippen LogP) is 4.60. The summed E-state index contributed by atoms with van der Waals surface area (Å²) in [5, 5.41) is 2.82. The minimum Gasteiger partial charge on any atom is -0.490 e. The summed E-state index contributed by atoms with van der Waals surface area (Å²) in [6.45, 7) is 10.7. The number of carbonyl (C=O) groups excluding carboxylic acids is 3. The van der Waals surface area contributed by atoms with Crippen molar-refractivity contribution in [1.82, 2.24) is 0 Å². The highest BCUT2D eigenvalue weighted by Crippen LogP contribution is 2.48. The fourth-order valence-electron chi connectivity index (χ4n) is 5.10. The van der Waals surface area contributed by atoms with Crippen molar-refractivity contribution in [2.45, 2.75) is 58.6 Å². The SMILES string of the molecule is CCOc1cc2c(c3c1OC(C)(C)C3)C(c1ccc(C(=O)OC)c(NC(=O)CSCC(=O)OC)c1)=NC(C)(C)C2. The summed E-state index contributed by atoms with van der Waals surface area (Å²) in [5.74, 6) is 0.171. The van der Waals surface area contributed by atoms with Crippen LogP contribution in [-0.2, 0) is 31.9 Å². The lowest BCUT2D eigenvalue weighted by Crippen LogP contribution is -2.31. The van der Waals surface area contributed by atoms with Crippen molar-refractivity contribution in [3.05, 3.63) is 52.1 Å². The number of ether oxygens (including phenoxy) is 4. The molecule has 0 radical (unpaired) electrons. The molecular weight excluding hydrogens is 532 g/mol. The minimum atomic E-state index is -0.576. The first-order valence-corrected chi connectivity index (χ1v) is 14.3. The Hall–Kier alpha value is -3.53. The Kier molecular flexibility index (Phi) is 8.49. The van der Waals surface area contributed by atoms with Gasteiger partial charge in [-0.2, -0.15) is 0 Å². The standard InChI is InChI=1S/C30H36N2O7S/c1-8-38-22-12-18-13-29(2,3)32-26(25(18)20-14-30(4,5)39-27(20)22)17-9-10-19(28(35)37-7)21(11-17)31-23(33)15-40-16-24(34)36-6/h9-12H,8,13-16H2,1-7H3,(H,31,33). The lowest BCUT2D eigenvalue weighted by molar-refractivity contribution is -0.137. The van der Waals surface area contributed by atoms with Crippen molar-refractivity contribution in [3.63, 3.8) is 0 Å². The third kappa shape index (κ3) is 6.27. The molecule has 2 aliphatic heterocycles. The summed E-state index contributed by atoms with van der Waals surface area (Å²) in [6, 6.07) is 7.27. The van der Waals surface area contributed by atoms with Crippen molar-refractivity contribution in [3.8, 4) is 11.5 Å². The maximum Gasteiger partial charge on any atom is 0.339 e. The number of carbonyl (C=O) groups is 3. The van der Waals surface area contributed by atoms with Gasteiger partial charge >= 0.3 is 11.9 Å². The van der Waals surface area contributed by atoms with Gasteiger partial charge in [0.1, 0.15) is 5.60 Å². The number of aliphatic imine (C=N–C) groups is 1. The fourth-order valence-corrected chi connectivity index (χ4v) is 5.74. The molecule has 1 amide bonds. The number of nitrogens with one attached hydrogen (secondary N) is 1. The zero-order valence-corrected chi connectivity index (χ0v) is 24.9. The number of thioether (sulfide) groups is 1. The van der Waals surface area contributed by atoms with Crippen LogP contribution in [0.1, 0.15) is 67.2 Å². The van der Waals surface area contributed by atoms with Gasteiger partial charge in [-0.15, -0.1) is 11.8 Å². The van der Waals surface area contributed by atoms with Crippen molar-refractivity contribution in [2.75, 3.05) is 37.6 Å². The molecule has 9 nitrogen and oxygen atoms in total. The molecule has 0 atom stereocenters. The Morgan fingerprint density at radius 2 is 1.80 bits per heavy atom. The van der Waals surface area contributed by atoms with E-state index in [9.17, 15) is 14.4 Å². The molecule has 4 rings (SSSR count). The van der Waals surface area contributed by atoms with Gasteiger partial charge in [0.2, 0.25) is 5.91 Å². The average molecular weight is 569 g/mol. The van der Waals surface area contributed by atoms with Gasteiger partial charge in [-0.1, -0.05) is 6.07 Å². The van der Waals surface area contributed by atoms with E-state index in [1.165, 1.54) is 14.2 Å². The van der Waals surface area contributed by atoms with E-state index >= 15 is 0 Å². The fraction of sp³-hybridized carbons (Fsp3) is 0.467. The van der Waals surface area contributed by atoms with E-state index in [1.807, 2.05) is 13.0 Å². The maximum atomic E-state index is 12.8. The molecule has 214 valence electrons. The van der Waals surface area contributed by atoms with E-state index in [4.69, 9.17) is 19.2 Å². The number of hydrogen-bond donors (Lipinski definition) is 1. The molecule has 2 heterocycles. The molecule has 0 bridgehead atoms. The Labute approximate surface area is 239 Å². The molecule has 40 heavy (non-hydrogen) atoms. The summed E-state index contributed by atoms with van der Waals surface area (Å²) in [7, 11) is 2.59. The van der Waals surface area contributed by atoms with Gasteiger partial charge in [-0.25, -0.2) is 4.79 Å². The van der Waals surface area contributed by atoms with Crippen molar-refractivity contribution >= 4 is 41.0 Å². The zero-order chi connectivity index (χ0) is 29.2. The van der Waals surface area contributed by atoms with Crippen LogP contribution in [0, 0.1) is 0 Å². The molecule has 2 aromatic carbocycles. The largest absolute Gasteiger partial charge is 0.490 e. The Morgan fingerprint density at radius 1 is 1.05 bits per heavy atom. The van der Waals surface area contributed by atoms with Crippen LogP contribution in [-0.4, -0.2) is 67.0 Å². The minimum absolute atomic E-state index is 0.0108. The highest BCUT2D eigenvalue weighted by atomic mass is 32.2. The third-order valence-electron chi connectivity index (χ3n) is 6.63. The van der Waals surface area contributed by atoms with Crippen LogP contribution in [0.4, 0.5) is 5.69 Å².